The average Bonchev–Trinajstić information content (AvgIpc) is 1.94. The van der Waals surface area contributed by atoms with Gasteiger partial charge in [0, 0.05) is 6.54 Å². The maximum Gasteiger partial charge on any atom is 0.0167 e. The summed E-state index contributed by atoms with van der Waals surface area (Å²) in [7, 11) is 0. The maximum atomic E-state index is 3.22. The zero-order valence-electron chi connectivity index (χ0n) is 5.35. The Morgan fingerprint density at radius 1 is 1.62 bits per heavy atom. The Morgan fingerprint density at radius 2 is 2.50 bits per heavy atom. The molecule has 0 saturated heterocycles. The average molecular weight is 111 g/mol. The van der Waals surface area contributed by atoms with E-state index < -0.39 is 0 Å². The quantitative estimate of drug-likeness (QED) is 0.499. The van der Waals surface area contributed by atoms with E-state index >= 15 is 0 Å². The van der Waals surface area contributed by atoms with Gasteiger partial charge in [0.15, 0.2) is 0 Å². The van der Waals surface area contributed by atoms with Crippen LogP contribution in [0, 0.1) is 5.92 Å². The van der Waals surface area contributed by atoms with Crippen molar-refractivity contribution in [1.29, 1.82) is 0 Å². The summed E-state index contributed by atoms with van der Waals surface area (Å²) >= 11 is 0. The van der Waals surface area contributed by atoms with Crippen LogP contribution in [0.25, 0.3) is 0 Å². The highest BCUT2D eigenvalue weighted by Gasteiger charge is 2.00. The Bertz CT molecular complexity index is 76.4. The molecular weight excluding hydrogens is 98.1 g/mol. The van der Waals surface area contributed by atoms with Crippen molar-refractivity contribution in [2.24, 2.45) is 5.92 Å². The molecule has 1 nitrogen and oxygen atoms in total. The summed E-state index contributed by atoms with van der Waals surface area (Å²) in [5, 5.41) is 3.22. The van der Waals surface area contributed by atoms with Crippen molar-refractivity contribution < 1.29 is 0 Å². The smallest absolute Gasteiger partial charge is 0.0167 e. The topological polar surface area (TPSA) is 12.0 Å². The van der Waals surface area contributed by atoms with Crippen molar-refractivity contribution in [3.63, 3.8) is 0 Å². The molecule has 0 bridgehead atoms. The molecule has 0 aromatic rings. The summed E-state index contributed by atoms with van der Waals surface area (Å²) in [6.07, 6.45) is 6.84. The number of nitrogens with one attached hydrogen (secondary N) is 1. The molecule has 1 rings (SSSR count). The van der Waals surface area contributed by atoms with Crippen LogP contribution in [0.5, 0.6) is 0 Å². The van der Waals surface area contributed by atoms with Crippen molar-refractivity contribution in [2.45, 2.75) is 19.8 Å². The minimum atomic E-state index is 0.852. The zero-order valence-corrected chi connectivity index (χ0v) is 5.35. The normalized spacial score (nSPS) is 28.9. The van der Waals surface area contributed by atoms with Gasteiger partial charge < -0.3 is 5.32 Å². The third kappa shape index (κ3) is 1.57. The van der Waals surface area contributed by atoms with Gasteiger partial charge in [-0.15, -0.1) is 0 Å². The second-order valence-corrected chi connectivity index (χ2v) is 2.49. The van der Waals surface area contributed by atoms with E-state index in [1.54, 1.807) is 0 Å². The van der Waals surface area contributed by atoms with Crippen molar-refractivity contribution in [3.8, 4) is 0 Å². The van der Waals surface area contributed by atoms with Gasteiger partial charge in [-0.1, -0.05) is 13.0 Å². The van der Waals surface area contributed by atoms with Gasteiger partial charge in [0.1, 0.15) is 0 Å². The third-order valence-electron chi connectivity index (χ3n) is 1.53. The van der Waals surface area contributed by atoms with Gasteiger partial charge >= 0.3 is 0 Å². The van der Waals surface area contributed by atoms with Crippen LogP contribution < -0.4 is 5.32 Å². The fourth-order valence-electron chi connectivity index (χ4n) is 0.919. The van der Waals surface area contributed by atoms with Crippen LogP contribution in [0.2, 0.25) is 0 Å². The lowest BCUT2D eigenvalue weighted by atomic mass is 10.1. The van der Waals surface area contributed by atoms with E-state index in [0.29, 0.717) is 0 Å². The van der Waals surface area contributed by atoms with Crippen LogP contribution in [0.1, 0.15) is 19.8 Å². The molecule has 8 heavy (non-hydrogen) atoms. The molecule has 1 N–H and O–H groups in total. The molecule has 0 aliphatic carbocycles. The van der Waals surface area contributed by atoms with Crippen LogP contribution >= 0.6 is 0 Å². The minimum absolute atomic E-state index is 0.852. The van der Waals surface area contributed by atoms with E-state index in [9.17, 15) is 0 Å². The Morgan fingerprint density at radius 3 is 3.38 bits per heavy atom. The van der Waals surface area contributed by atoms with E-state index in [2.05, 4.69) is 24.5 Å². The molecule has 1 aliphatic rings. The molecule has 1 heterocycles. The standard InChI is InChI=1S/C7H13N/c1-7-4-2-3-5-8-6-7/h3,5,7-8H,2,4,6H2,1H3. The molecule has 0 saturated carbocycles. The van der Waals surface area contributed by atoms with Gasteiger partial charge in [-0.2, -0.15) is 0 Å². The molecule has 0 amide bonds. The summed E-state index contributed by atoms with van der Waals surface area (Å²) in [5.41, 5.74) is 0. The first-order valence-corrected chi connectivity index (χ1v) is 3.28. The van der Waals surface area contributed by atoms with Gasteiger partial charge in [-0.3, -0.25) is 0 Å². The molecule has 1 atom stereocenters. The molecule has 0 radical (unpaired) electrons. The Kier molecular flexibility index (Phi) is 1.95. The summed E-state index contributed by atoms with van der Waals surface area (Å²) in [6, 6.07) is 0. The highest BCUT2D eigenvalue weighted by molar-refractivity contribution is 4.84. The number of allylic oxidation sites excluding steroid dienone is 1. The van der Waals surface area contributed by atoms with Crippen LogP contribution in [0.15, 0.2) is 12.3 Å². The van der Waals surface area contributed by atoms with Crippen LogP contribution in [0.4, 0.5) is 0 Å². The minimum Gasteiger partial charge on any atom is -0.391 e. The monoisotopic (exact) mass is 111 g/mol. The van der Waals surface area contributed by atoms with Crippen LogP contribution in [0.3, 0.4) is 0 Å². The molecule has 1 heteroatoms. The van der Waals surface area contributed by atoms with Crippen LogP contribution in [-0.2, 0) is 0 Å². The third-order valence-corrected chi connectivity index (χ3v) is 1.53. The second-order valence-electron chi connectivity index (χ2n) is 2.49. The fraction of sp³-hybridized carbons (Fsp3) is 0.714. The number of hydrogen-bond acceptors (Lipinski definition) is 1. The van der Waals surface area contributed by atoms with E-state index in [-0.39, 0.29) is 0 Å². The van der Waals surface area contributed by atoms with Gasteiger partial charge in [0.25, 0.3) is 0 Å². The van der Waals surface area contributed by atoms with Crippen molar-refractivity contribution in [1.82, 2.24) is 5.32 Å². The summed E-state index contributed by atoms with van der Waals surface area (Å²) in [4.78, 5) is 0. The lowest BCUT2D eigenvalue weighted by molar-refractivity contribution is 0.533. The predicted octanol–water partition coefficient (Wildman–Crippen LogP) is 1.52. The first-order valence-electron chi connectivity index (χ1n) is 3.28. The summed E-state index contributed by atoms with van der Waals surface area (Å²) < 4.78 is 0. The molecule has 0 aromatic carbocycles. The van der Waals surface area contributed by atoms with E-state index in [0.717, 1.165) is 12.5 Å². The Balaban J connectivity index is 2.28. The largest absolute Gasteiger partial charge is 0.391 e. The number of hydrogen-bond donors (Lipinski definition) is 1. The zero-order chi connectivity index (χ0) is 5.82. The summed E-state index contributed by atoms with van der Waals surface area (Å²) in [5.74, 6) is 0.852. The SMILES string of the molecule is CC1CCC=CNC1. The molecule has 0 spiro atoms. The fourth-order valence-corrected chi connectivity index (χ4v) is 0.919. The van der Waals surface area contributed by atoms with Crippen molar-refractivity contribution >= 4 is 0 Å². The van der Waals surface area contributed by atoms with Gasteiger partial charge in [0.2, 0.25) is 0 Å². The van der Waals surface area contributed by atoms with Crippen molar-refractivity contribution in [3.05, 3.63) is 12.3 Å². The molecule has 1 unspecified atom stereocenters. The Hall–Kier alpha value is -0.460. The predicted molar refractivity (Wildman–Crippen MR) is 35.5 cm³/mol. The molecule has 46 valence electrons. The van der Waals surface area contributed by atoms with Gasteiger partial charge in [0.05, 0.1) is 0 Å². The highest BCUT2D eigenvalue weighted by Crippen LogP contribution is 2.06. The van der Waals surface area contributed by atoms with Gasteiger partial charge in [-0.25, -0.2) is 0 Å². The second kappa shape index (κ2) is 2.75. The van der Waals surface area contributed by atoms with E-state index in [1.165, 1.54) is 12.8 Å². The van der Waals surface area contributed by atoms with E-state index in [4.69, 9.17) is 0 Å². The lowest BCUT2D eigenvalue weighted by Gasteiger charge is -2.04. The Labute approximate surface area is 50.8 Å². The van der Waals surface area contributed by atoms with Crippen molar-refractivity contribution in [2.75, 3.05) is 6.54 Å². The maximum absolute atomic E-state index is 3.22. The van der Waals surface area contributed by atoms with Gasteiger partial charge in [-0.05, 0) is 25.0 Å². The molecule has 0 aromatic heterocycles. The molecular formula is C7H13N. The first kappa shape index (κ1) is 5.67. The molecule has 1 aliphatic heterocycles. The number of rotatable bonds is 0. The van der Waals surface area contributed by atoms with E-state index in [1.807, 2.05) is 0 Å². The first-order chi connectivity index (χ1) is 3.89. The summed E-state index contributed by atoms with van der Waals surface area (Å²) in [6.45, 7) is 3.43. The lowest BCUT2D eigenvalue weighted by Crippen LogP contribution is -2.12. The highest BCUT2D eigenvalue weighted by atomic mass is 14.8. The molecule has 0 fully saturated rings. The van der Waals surface area contributed by atoms with Crippen LogP contribution in [-0.4, -0.2) is 6.54 Å².